The number of rotatable bonds is 0. The van der Waals surface area contributed by atoms with Gasteiger partial charge in [0.2, 0.25) is 0 Å². The number of hydrogen-bond acceptors (Lipinski definition) is 3. The van der Waals surface area contributed by atoms with Crippen molar-refractivity contribution < 1.29 is 0 Å². The van der Waals surface area contributed by atoms with Crippen LogP contribution in [0.4, 0.5) is 5.69 Å². The van der Waals surface area contributed by atoms with Crippen molar-refractivity contribution in [3.63, 3.8) is 0 Å². The number of likely N-dealkylation sites (N-methyl/N-ethyl adjacent to an activating group) is 1. The predicted octanol–water partition coefficient (Wildman–Crippen LogP) is 3.76. The Labute approximate surface area is 156 Å². The minimum absolute atomic E-state index is 0. The van der Waals surface area contributed by atoms with Gasteiger partial charge in [0.05, 0.1) is 5.69 Å². The molecule has 0 N–H and O–H groups in total. The molecule has 0 atom stereocenters. The number of fused-ring (bicyclic) bond motifs is 2. The van der Waals surface area contributed by atoms with E-state index in [1.807, 2.05) is 0 Å². The molecular formula is C19H23Cl2N3. The minimum Gasteiger partial charge on any atom is -0.354 e. The van der Waals surface area contributed by atoms with Gasteiger partial charge in [-0.3, -0.25) is 0 Å². The zero-order valence-electron chi connectivity index (χ0n) is 13.8. The first-order valence-corrected chi connectivity index (χ1v) is 7.99. The maximum atomic E-state index is 5.05. The molecule has 0 amide bonds. The highest BCUT2D eigenvalue weighted by Crippen LogP contribution is 2.29. The van der Waals surface area contributed by atoms with Crippen LogP contribution in [0.1, 0.15) is 16.7 Å². The lowest BCUT2D eigenvalue weighted by Gasteiger charge is -2.35. The molecule has 0 aromatic heterocycles. The van der Waals surface area contributed by atoms with Crippen molar-refractivity contribution in [3.05, 3.63) is 65.2 Å². The molecular weight excluding hydrogens is 341 g/mol. The van der Waals surface area contributed by atoms with Gasteiger partial charge in [-0.25, -0.2) is 4.99 Å². The number of amidine groups is 1. The van der Waals surface area contributed by atoms with Gasteiger partial charge in [0.15, 0.2) is 0 Å². The fraction of sp³-hybridized carbons (Fsp3) is 0.316. The summed E-state index contributed by atoms with van der Waals surface area (Å²) < 4.78 is 0. The van der Waals surface area contributed by atoms with Crippen molar-refractivity contribution in [2.75, 3.05) is 33.2 Å². The Morgan fingerprint density at radius 1 is 0.792 bits per heavy atom. The third kappa shape index (κ3) is 3.59. The number of halogens is 2. The smallest absolute Gasteiger partial charge is 0.136 e. The summed E-state index contributed by atoms with van der Waals surface area (Å²) in [6.45, 7) is 4.29. The lowest BCUT2D eigenvalue weighted by atomic mass is 9.99. The first-order valence-electron chi connectivity index (χ1n) is 7.99. The zero-order chi connectivity index (χ0) is 14.9. The number of benzene rings is 2. The van der Waals surface area contributed by atoms with Gasteiger partial charge in [-0.1, -0.05) is 42.5 Å². The fourth-order valence-electron chi connectivity index (χ4n) is 3.30. The Hall–Kier alpha value is -1.55. The second kappa shape index (κ2) is 8.02. The van der Waals surface area contributed by atoms with E-state index >= 15 is 0 Å². The monoisotopic (exact) mass is 363 g/mol. The van der Waals surface area contributed by atoms with E-state index in [9.17, 15) is 0 Å². The van der Waals surface area contributed by atoms with Crippen molar-refractivity contribution in [1.29, 1.82) is 0 Å². The van der Waals surface area contributed by atoms with Gasteiger partial charge in [-0.15, -0.1) is 24.8 Å². The van der Waals surface area contributed by atoms with Gasteiger partial charge in [0.25, 0.3) is 0 Å². The van der Waals surface area contributed by atoms with Crippen LogP contribution in [-0.2, 0) is 6.42 Å². The molecule has 2 aliphatic heterocycles. The van der Waals surface area contributed by atoms with E-state index in [1.54, 1.807) is 0 Å². The summed E-state index contributed by atoms with van der Waals surface area (Å²) in [6.07, 6.45) is 0.965. The van der Waals surface area contributed by atoms with Crippen LogP contribution >= 0.6 is 24.8 Å². The van der Waals surface area contributed by atoms with Crippen LogP contribution in [0.3, 0.4) is 0 Å². The summed E-state index contributed by atoms with van der Waals surface area (Å²) >= 11 is 0. The van der Waals surface area contributed by atoms with Crippen molar-refractivity contribution in [3.8, 4) is 0 Å². The van der Waals surface area contributed by atoms with Crippen LogP contribution in [0, 0.1) is 0 Å². The summed E-state index contributed by atoms with van der Waals surface area (Å²) in [7, 11) is 2.19. The average molecular weight is 364 g/mol. The number of piperazine rings is 1. The summed E-state index contributed by atoms with van der Waals surface area (Å²) in [4.78, 5) is 9.88. The van der Waals surface area contributed by atoms with Crippen LogP contribution in [0.25, 0.3) is 0 Å². The SMILES string of the molecule is CN1CCN(C2=Nc3ccccc3Cc3ccccc32)CC1.Cl.Cl. The van der Waals surface area contributed by atoms with E-state index in [0.29, 0.717) is 0 Å². The predicted molar refractivity (Wildman–Crippen MR) is 105 cm³/mol. The molecule has 4 rings (SSSR count). The van der Waals surface area contributed by atoms with E-state index in [4.69, 9.17) is 4.99 Å². The van der Waals surface area contributed by atoms with Crippen molar-refractivity contribution in [2.45, 2.75) is 6.42 Å². The molecule has 0 radical (unpaired) electrons. The molecule has 0 saturated carbocycles. The van der Waals surface area contributed by atoms with Gasteiger partial charge >= 0.3 is 0 Å². The lowest BCUT2D eigenvalue weighted by Crippen LogP contribution is -2.47. The molecule has 0 aliphatic carbocycles. The Morgan fingerprint density at radius 3 is 2.17 bits per heavy atom. The molecule has 1 fully saturated rings. The van der Waals surface area contributed by atoms with Gasteiger partial charge in [0.1, 0.15) is 5.84 Å². The van der Waals surface area contributed by atoms with Crippen molar-refractivity contribution >= 4 is 36.3 Å². The highest BCUT2D eigenvalue weighted by Gasteiger charge is 2.23. The summed E-state index contributed by atoms with van der Waals surface area (Å²) in [5.74, 6) is 1.15. The Balaban J connectivity index is 0.00000104. The largest absolute Gasteiger partial charge is 0.354 e. The molecule has 0 unspecified atom stereocenters. The Morgan fingerprint density at radius 2 is 1.42 bits per heavy atom. The van der Waals surface area contributed by atoms with Crippen LogP contribution in [0.5, 0.6) is 0 Å². The third-order valence-electron chi connectivity index (χ3n) is 4.66. The number of hydrogen-bond donors (Lipinski definition) is 0. The molecule has 2 aromatic carbocycles. The molecule has 3 nitrogen and oxygen atoms in total. The highest BCUT2D eigenvalue weighted by molar-refractivity contribution is 6.02. The van der Waals surface area contributed by atoms with Crippen molar-refractivity contribution in [1.82, 2.24) is 9.80 Å². The Kier molecular flexibility index (Phi) is 6.27. The van der Waals surface area contributed by atoms with E-state index in [0.717, 1.165) is 44.1 Å². The van der Waals surface area contributed by atoms with Gasteiger partial charge in [-0.2, -0.15) is 0 Å². The molecule has 1 saturated heterocycles. The van der Waals surface area contributed by atoms with E-state index in [-0.39, 0.29) is 24.8 Å². The molecule has 0 spiro atoms. The molecule has 24 heavy (non-hydrogen) atoms. The Bertz CT molecular complexity index is 722. The quantitative estimate of drug-likeness (QED) is 0.709. The third-order valence-corrected chi connectivity index (χ3v) is 4.66. The number of nitrogens with zero attached hydrogens (tertiary/aromatic N) is 3. The van der Waals surface area contributed by atoms with E-state index < -0.39 is 0 Å². The van der Waals surface area contributed by atoms with E-state index in [2.05, 4.69) is 65.4 Å². The summed E-state index contributed by atoms with van der Waals surface area (Å²) in [5.41, 5.74) is 5.11. The van der Waals surface area contributed by atoms with Crippen LogP contribution < -0.4 is 0 Å². The molecule has 2 heterocycles. The first-order chi connectivity index (χ1) is 10.8. The molecule has 128 valence electrons. The second-order valence-corrected chi connectivity index (χ2v) is 6.19. The van der Waals surface area contributed by atoms with Gasteiger partial charge in [0, 0.05) is 38.2 Å². The van der Waals surface area contributed by atoms with Gasteiger partial charge in [-0.05, 0) is 24.2 Å². The number of para-hydroxylation sites is 1. The van der Waals surface area contributed by atoms with Crippen LogP contribution in [0.15, 0.2) is 53.5 Å². The molecule has 2 aliphatic rings. The van der Waals surface area contributed by atoms with Crippen LogP contribution in [0.2, 0.25) is 0 Å². The highest BCUT2D eigenvalue weighted by atomic mass is 35.5. The molecule has 0 bridgehead atoms. The molecule has 5 heteroatoms. The van der Waals surface area contributed by atoms with Crippen molar-refractivity contribution in [2.24, 2.45) is 4.99 Å². The fourth-order valence-corrected chi connectivity index (χ4v) is 3.30. The standard InChI is InChI=1S/C19H21N3.2ClH/c1-21-10-12-22(13-11-21)19-17-8-4-2-6-15(17)14-16-7-3-5-9-18(16)20-19;;/h2-9H,10-14H2,1H3;2*1H. The normalized spacial score (nSPS) is 16.7. The number of aliphatic imine (C=N–C) groups is 1. The maximum Gasteiger partial charge on any atom is 0.136 e. The summed E-state index contributed by atoms with van der Waals surface area (Å²) in [6, 6.07) is 17.2. The first kappa shape index (κ1) is 18.8. The minimum atomic E-state index is 0. The van der Waals surface area contributed by atoms with Crippen LogP contribution in [-0.4, -0.2) is 48.9 Å². The zero-order valence-corrected chi connectivity index (χ0v) is 15.4. The second-order valence-electron chi connectivity index (χ2n) is 6.19. The summed E-state index contributed by atoms with van der Waals surface area (Å²) in [5, 5.41) is 0. The average Bonchev–Trinajstić information content (AvgIpc) is 2.72. The van der Waals surface area contributed by atoms with E-state index in [1.165, 1.54) is 16.7 Å². The molecule has 2 aromatic rings. The topological polar surface area (TPSA) is 18.8 Å². The van der Waals surface area contributed by atoms with Gasteiger partial charge < -0.3 is 9.80 Å². The lowest BCUT2D eigenvalue weighted by molar-refractivity contribution is 0.216. The maximum absolute atomic E-state index is 5.05.